The van der Waals surface area contributed by atoms with Crippen molar-refractivity contribution in [2.75, 3.05) is 6.54 Å². The average Bonchev–Trinajstić information content (AvgIpc) is 2.46. The van der Waals surface area contributed by atoms with E-state index in [9.17, 15) is 4.79 Å². The second-order valence-electron chi connectivity index (χ2n) is 8.00. The SMILES string of the molecule is O=C(Cc1ccc(Cl)cc1)NCC12CC3CC(CC(C3)C1)C2. The third-order valence-corrected chi connectivity index (χ3v) is 6.36. The summed E-state index contributed by atoms with van der Waals surface area (Å²) in [5.41, 5.74) is 1.46. The predicted octanol–water partition coefficient (Wildman–Crippen LogP) is 4.22. The molecule has 0 spiro atoms. The number of hydrogen-bond acceptors (Lipinski definition) is 1. The lowest BCUT2D eigenvalue weighted by atomic mass is 9.49. The summed E-state index contributed by atoms with van der Waals surface area (Å²) in [6.45, 7) is 0.892. The first kappa shape index (κ1) is 14.6. The van der Waals surface area contributed by atoms with E-state index >= 15 is 0 Å². The highest BCUT2D eigenvalue weighted by atomic mass is 35.5. The maximum Gasteiger partial charge on any atom is 0.224 e. The minimum absolute atomic E-state index is 0.151. The third-order valence-electron chi connectivity index (χ3n) is 6.10. The van der Waals surface area contributed by atoms with Gasteiger partial charge in [-0.15, -0.1) is 0 Å². The molecule has 0 unspecified atom stereocenters. The van der Waals surface area contributed by atoms with Crippen molar-refractivity contribution in [3.8, 4) is 0 Å². The Labute approximate surface area is 137 Å². The van der Waals surface area contributed by atoms with Crippen LogP contribution >= 0.6 is 11.6 Å². The molecule has 4 fully saturated rings. The summed E-state index contributed by atoms with van der Waals surface area (Å²) in [4.78, 5) is 12.2. The summed E-state index contributed by atoms with van der Waals surface area (Å²) in [7, 11) is 0. The summed E-state index contributed by atoms with van der Waals surface area (Å²) in [6, 6.07) is 7.58. The molecule has 1 N–H and O–H groups in total. The first-order valence-electron chi connectivity index (χ1n) is 8.61. The molecule has 4 aliphatic rings. The Hall–Kier alpha value is -1.02. The van der Waals surface area contributed by atoms with Crippen LogP contribution in [-0.2, 0) is 11.2 Å². The molecule has 0 aliphatic heterocycles. The van der Waals surface area contributed by atoms with E-state index in [0.717, 1.165) is 34.9 Å². The summed E-state index contributed by atoms with van der Waals surface area (Å²) in [5, 5.41) is 3.95. The highest BCUT2D eigenvalue weighted by Gasteiger charge is 2.50. The van der Waals surface area contributed by atoms with Gasteiger partial charge in [0.05, 0.1) is 6.42 Å². The van der Waals surface area contributed by atoms with Crippen molar-refractivity contribution in [3.05, 3.63) is 34.9 Å². The molecule has 4 aliphatic carbocycles. The lowest BCUT2D eigenvalue weighted by Gasteiger charge is -2.56. The van der Waals surface area contributed by atoms with Gasteiger partial charge in [0.2, 0.25) is 5.91 Å². The fraction of sp³-hybridized carbons (Fsp3) is 0.632. The van der Waals surface area contributed by atoms with Crippen LogP contribution in [0.25, 0.3) is 0 Å². The Balaban J connectivity index is 1.34. The van der Waals surface area contributed by atoms with Gasteiger partial charge in [0, 0.05) is 11.6 Å². The number of amides is 1. The molecule has 1 aromatic rings. The molecule has 2 nitrogen and oxygen atoms in total. The molecule has 0 aromatic heterocycles. The molecule has 0 saturated heterocycles. The van der Waals surface area contributed by atoms with Crippen LogP contribution < -0.4 is 5.32 Å². The molecule has 5 rings (SSSR count). The third kappa shape index (κ3) is 2.90. The van der Waals surface area contributed by atoms with Gasteiger partial charge in [0.25, 0.3) is 0 Å². The molecule has 0 heterocycles. The molecule has 0 radical (unpaired) electrons. The standard InChI is InChI=1S/C19H24ClNO/c20-17-3-1-13(2-4-17)8-18(22)21-12-19-9-14-5-15(10-19)7-16(6-14)11-19/h1-4,14-16H,5-12H2,(H,21,22). The van der Waals surface area contributed by atoms with Crippen LogP contribution in [0.4, 0.5) is 0 Å². The first-order chi connectivity index (χ1) is 10.6. The number of carbonyl (C=O) groups is 1. The number of rotatable bonds is 4. The smallest absolute Gasteiger partial charge is 0.224 e. The maximum absolute atomic E-state index is 12.2. The molecule has 22 heavy (non-hydrogen) atoms. The quantitative estimate of drug-likeness (QED) is 0.885. The number of carbonyl (C=O) groups excluding carboxylic acids is 1. The molecule has 1 amide bonds. The van der Waals surface area contributed by atoms with Crippen LogP contribution in [0.2, 0.25) is 5.02 Å². The minimum Gasteiger partial charge on any atom is -0.355 e. The number of halogens is 1. The van der Waals surface area contributed by atoms with Crippen molar-refractivity contribution in [2.45, 2.75) is 44.9 Å². The van der Waals surface area contributed by atoms with Crippen molar-refractivity contribution in [1.82, 2.24) is 5.32 Å². The predicted molar refractivity (Wildman–Crippen MR) is 88.8 cm³/mol. The topological polar surface area (TPSA) is 29.1 Å². The van der Waals surface area contributed by atoms with Crippen LogP contribution in [0.5, 0.6) is 0 Å². The van der Waals surface area contributed by atoms with Crippen LogP contribution in [0, 0.1) is 23.2 Å². The summed E-state index contributed by atoms with van der Waals surface area (Å²) in [6.07, 6.45) is 8.87. The van der Waals surface area contributed by atoms with Gasteiger partial charge in [-0.3, -0.25) is 4.79 Å². The number of hydrogen-bond donors (Lipinski definition) is 1. The fourth-order valence-corrected chi connectivity index (χ4v) is 5.77. The van der Waals surface area contributed by atoms with Crippen LogP contribution in [-0.4, -0.2) is 12.5 Å². The Morgan fingerprint density at radius 3 is 2.14 bits per heavy atom. The van der Waals surface area contributed by atoms with Gasteiger partial charge in [0.15, 0.2) is 0 Å². The molecular weight excluding hydrogens is 294 g/mol. The molecule has 118 valence electrons. The van der Waals surface area contributed by atoms with Crippen molar-refractivity contribution < 1.29 is 4.79 Å². The van der Waals surface area contributed by atoms with E-state index in [2.05, 4.69) is 5.32 Å². The molecule has 4 bridgehead atoms. The monoisotopic (exact) mass is 317 g/mol. The molecule has 4 saturated carbocycles. The van der Waals surface area contributed by atoms with Gasteiger partial charge in [0.1, 0.15) is 0 Å². The van der Waals surface area contributed by atoms with E-state index in [1.54, 1.807) is 0 Å². The van der Waals surface area contributed by atoms with Gasteiger partial charge >= 0.3 is 0 Å². The Morgan fingerprint density at radius 2 is 1.59 bits per heavy atom. The summed E-state index contributed by atoms with van der Waals surface area (Å²) >= 11 is 5.89. The van der Waals surface area contributed by atoms with Gasteiger partial charge < -0.3 is 5.32 Å². The first-order valence-corrected chi connectivity index (χ1v) is 8.99. The number of nitrogens with one attached hydrogen (secondary N) is 1. The van der Waals surface area contributed by atoms with E-state index < -0.39 is 0 Å². The Bertz CT molecular complexity index is 530. The van der Waals surface area contributed by atoms with Crippen molar-refractivity contribution in [1.29, 1.82) is 0 Å². The molecular formula is C19H24ClNO. The van der Waals surface area contributed by atoms with Gasteiger partial charge in [-0.25, -0.2) is 0 Å². The van der Waals surface area contributed by atoms with E-state index in [4.69, 9.17) is 11.6 Å². The Morgan fingerprint density at radius 1 is 1.05 bits per heavy atom. The van der Waals surface area contributed by atoms with Crippen molar-refractivity contribution >= 4 is 17.5 Å². The second kappa shape index (κ2) is 5.56. The zero-order chi connectivity index (χ0) is 15.2. The van der Waals surface area contributed by atoms with Crippen LogP contribution in [0.15, 0.2) is 24.3 Å². The maximum atomic E-state index is 12.2. The van der Waals surface area contributed by atoms with E-state index in [-0.39, 0.29) is 5.91 Å². The van der Waals surface area contributed by atoms with E-state index in [1.165, 1.54) is 38.5 Å². The average molecular weight is 318 g/mol. The second-order valence-corrected chi connectivity index (χ2v) is 8.43. The summed E-state index contributed by atoms with van der Waals surface area (Å²) in [5.74, 6) is 2.98. The fourth-order valence-electron chi connectivity index (χ4n) is 5.64. The molecule has 0 atom stereocenters. The largest absolute Gasteiger partial charge is 0.355 e. The zero-order valence-corrected chi connectivity index (χ0v) is 13.7. The van der Waals surface area contributed by atoms with Crippen LogP contribution in [0.1, 0.15) is 44.1 Å². The Kier molecular flexibility index (Phi) is 3.68. The molecule has 3 heteroatoms. The van der Waals surface area contributed by atoms with Crippen LogP contribution in [0.3, 0.4) is 0 Å². The van der Waals surface area contributed by atoms with Crippen molar-refractivity contribution in [3.63, 3.8) is 0 Å². The highest BCUT2D eigenvalue weighted by Crippen LogP contribution is 2.59. The lowest BCUT2D eigenvalue weighted by molar-refractivity contribution is -0.122. The zero-order valence-electron chi connectivity index (χ0n) is 13.0. The van der Waals surface area contributed by atoms with Crippen molar-refractivity contribution in [2.24, 2.45) is 23.2 Å². The van der Waals surface area contributed by atoms with E-state index in [0.29, 0.717) is 11.8 Å². The van der Waals surface area contributed by atoms with Gasteiger partial charge in [-0.1, -0.05) is 23.7 Å². The number of benzene rings is 1. The highest BCUT2D eigenvalue weighted by molar-refractivity contribution is 6.30. The van der Waals surface area contributed by atoms with Gasteiger partial charge in [-0.2, -0.15) is 0 Å². The van der Waals surface area contributed by atoms with E-state index in [1.807, 2.05) is 24.3 Å². The lowest BCUT2D eigenvalue weighted by Crippen LogP contribution is -2.51. The molecule has 1 aromatic carbocycles. The minimum atomic E-state index is 0.151. The van der Waals surface area contributed by atoms with Gasteiger partial charge in [-0.05, 0) is 79.4 Å². The summed E-state index contributed by atoms with van der Waals surface area (Å²) < 4.78 is 0. The normalized spacial score (nSPS) is 35.6.